The van der Waals surface area contributed by atoms with Crippen LogP contribution in [0.5, 0.6) is 0 Å². The molecule has 1 rings (SSSR count). The van der Waals surface area contributed by atoms with E-state index in [0.29, 0.717) is 19.1 Å². The molecule has 0 radical (unpaired) electrons. The largest absolute Gasteiger partial charge is 0.349 e. The molecule has 12 heavy (non-hydrogen) atoms. The third kappa shape index (κ3) is 2.73. The summed E-state index contributed by atoms with van der Waals surface area (Å²) >= 11 is 0. The quantitative estimate of drug-likeness (QED) is 0.680. The summed E-state index contributed by atoms with van der Waals surface area (Å²) in [6, 6.07) is 0.0465. The van der Waals surface area contributed by atoms with E-state index in [2.05, 4.69) is 13.8 Å². The van der Waals surface area contributed by atoms with Crippen LogP contribution in [0.25, 0.3) is 0 Å². The molecular formula is C9H19NO2. The first-order valence-corrected chi connectivity index (χ1v) is 4.55. The normalized spacial score (nSPS) is 37.2. The van der Waals surface area contributed by atoms with Crippen molar-refractivity contribution in [2.75, 3.05) is 13.2 Å². The number of ether oxygens (including phenoxy) is 2. The number of nitrogens with two attached hydrogens (primary N) is 1. The first kappa shape index (κ1) is 9.96. The molecule has 0 aliphatic carbocycles. The van der Waals surface area contributed by atoms with E-state index < -0.39 is 5.79 Å². The maximum absolute atomic E-state index is 5.64. The molecule has 0 saturated carbocycles. The summed E-state index contributed by atoms with van der Waals surface area (Å²) in [6.45, 7) is 7.53. The summed E-state index contributed by atoms with van der Waals surface area (Å²) in [4.78, 5) is 0. The lowest BCUT2D eigenvalue weighted by Crippen LogP contribution is -2.48. The molecule has 0 atom stereocenters. The van der Waals surface area contributed by atoms with Gasteiger partial charge >= 0.3 is 0 Å². The summed E-state index contributed by atoms with van der Waals surface area (Å²) < 4.78 is 11.1. The van der Waals surface area contributed by atoms with Gasteiger partial charge in [-0.25, -0.2) is 0 Å². The Morgan fingerprint density at radius 1 is 1.42 bits per heavy atom. The number of hydrogen-bond donors (Lipinski definition) is 1. The molecule has 0 aromatic carbocycles. The van der Waals surface area contributed by atoms with Crippen LogP contribution >= 0.6 is 0 Å². The molecule has 1 aliphatic rings. The monoisotopic (exact) mass is 173 g/mol. The summed E-state index contributed by atoms with van der Waals surface area (Å²) in [5, 5.41) is 0. The van der Waals surface area contributed by atoms with E-state index in [1.54, 1.807) is 0 Å². The Balaban J connectivity index is 2.39. The third-order valence-corrected chi connectivity index (χ3v) is 1.98. The highest BCUT2D eigenvalue weighted by Crippen LogP contribution is 2.25. The van der Waals surface area contributed by atoms with Gasteiger partial charge in [0.25, 0.3) is 0 Å². The highest BCUT2D eigenvalue weighted by molar-refractivity contribution is 4.74. The average Bonchev–Trinajstić information content (AvgIpc) is 1.94. The molecule has 0 aromatic heterocycles. The van der Waals surface area contributed by atoms with Crippen molar-refractivity contribution >= 4 is 0 Å². The second-order valence-corrected chi connectivity index (χ2v) is 4.11. The topological polar surface area (TPSA) is 44.5 Å². The minimum atomic E-state index is -0.399. The fourth-order valence-electron chi connectivity index (χ4n) is 1.52. The number of rotatable bonds is 2. The van der Waals surface area contributed by atoms with Gasteiger partial charge in [0.15, 0.2) is 5.79 Å². The zero-order valence-corrected chi connectivity index (χ0v) is 8.17. The second-order valence-electron chi connectivity index (χ2n) is 4.11. The van der Waals surface area contributed by atoms with Crippen molar-refractivity contribution in [2.24, 2.45) is 11.7 Å². The van der Waals surface area contributed by atoms with Gasteiger partial charge in [0.05, 0.1) is 19.3 Å². The molecule has 72 valence electrons. The molecule has 3 heteroatoms. The van der Waals surface area contributed by atoms with Gasteiger partial charge in [-0.1, -0.05) is 13.8 Å². The zero-order valence-electron chi connectivity index (χ0n) is 8.17. The molecule has 2 N–H and O–H groups in total. The predicted octanol–water partition coefficient (Wildman–Crippen LogP) is 1.12. The maximum Gasteiger partial charge on any atom is 0.165 e. The fraction of sp³-hybridized carbons (Fsp3) is 1.00. The first-order chi connectivity index (χ1) is 5.52. The lowest BCUT2D eigenvalue weighted by Gasteiger charge is -2.37. The zero-order chi connectivity index (χ0) is 9.19. The number of hydrogen-bond acceptors (Lipinski definition) is 3. The highest BCUT2D eigenvalue weighted by Gasteiger charge is 2.32. The van der Waals surface area contributed by atoms with Gasteiger partial charge < -0.3 is 15.2 Å². The van der Waals surface area contributed by atoms with Crippen LogP contribution in [0, 0.1) is 5.92 Å². The van der Waals surface area contributed by atoms with Gasteiger partial charge in [0.1, 0.15) is 0 Å². The van der Waals surface area contributed by atoms with Gasteiger partial charge in [0, 0.05) is 6.42 Å². The van der Waals surface area contributed by atoms with Gasteiger partial charge in [-0.2, -0.15) is 0 Å². The Morgan fingerprint density at radius 3 is 2.33 bits per heavy atom. The molecule has 1 aliphatic heterocycles. The van der Waals surface area contributed by atoms with Crippen LogP contribution in [0.3, 0.4) is 0 Å². The van der Waals surface area contributed by atoms with Crippen LogP contribution < -0.4 is 5.73 Å². The lowest BCUT2D eigenvalue weighted by molar-refractivity contribution is -0.267. The molecule has 0 bridgehead atoms. The smallest absolute Gasteiger partial charge is 0.165 e. The van der Waals surface area contributed by atoms with Crippen molar-refractivity contribution in [3.05, 3.63) is 0 Å². The lowest BCUT2D eigenvalue weighted by atomic mass is 10.0. The maximum atomic E-state index is 5.64. The molecule has 0 amide bonds. The Hall–Kier alpha value is -0.120. The van der Waals surface area contributed by atoms with Gasteiger partial charge in [0.2, 0.25) is 0 Å². The van der Waals surface area contributed by atoms with Crippen LogP contribution in [0.15, 0.2) is 0 Å². The SMILES string of the molecule is CC(C)CC1(C)OCC(N)CO1. The van der Waals surface area contributed by atoms with E-state index in [-0.39, 0.29) is 6.04 Å². The third-order valence-electron chi connectivity index (χ3n) is 1.98. The molecule has 0 unspecified atom stereocenters. The molecule has 0 aromatic rings. The minimum absolute atomic E-state index is 0.0465. The van der Waals surface area contributed by atoms with E-state index in [1.807, 2.05) is 6.92 Å². The van der Waals surface area contributed by atoms with Crippen LogP contribution in [-0.4, -0.2) is 25.0 Å². The summed E-state index contributed by atoms with van der Waals surface area (Å²) in [5.41, 5.74) is 5.64. The van der Waals surface area contributed by atoms with Crippen molar-refractivity contribution in [1.82, 2.24) is 0 Å². The van der Waals surface area contributed by atoms with Crippen LogP contribution in [0.2, 0.25) is 0 Å². The average molecular weight is 173 g/mol. The van der Waals surface area contributed by atoms with Gasteiger partial charge in [-0.3, -0.25) is 0 Å². The van der Waals surface area contributed by atoms with Crippen molar-refractivity contribution in [2.45, 2.75) is 39.0 Å². The van der Waals surface area contributed by atoms with Gasteiger partial charge in [-0.15, -0.1) is 0 Å². The van der Waals surface area contributed by atoms with E-state index in [4.69, 9.17) is 15.2 Å². The Labute approximate surface area is 74.2 Å². The van der Waals surface area contributed by atoms with Crippen LogP contribution in [-0.2, 0) is 9.47 Å². The van der Waals surface area contributed by atoms with E-state index in [0.717, 1.165) is 6.42 Å². The van der Waals surface area contributed by atoms with Crippen molar-refractivity contribution in [3.8, 4) is 0 Å². The summed E-state index contributed by atoms with van der Waals surface area (Å²) in [7, 11) is 0. The summed E-state index contributed by atoms with van der Waals surface area (Å²) in [6.07, 6.45) is 0.930. The highest BCUT2D eigenvalue weighted by atomic mass is 16.7. The Bertz CT molecular complexity index is 139. The van der Waals surface area contributed by atoms with Gasteiger partial charge in [-0.05, 0) is 12.8 Å². The first-order valence-electron chi connectivity index (χ1n) is 4.55. The molecule has 1 fully saturated rings. The van der Waals surface area contributed by atoms with E-state index in [1.165, 1.54) is 0 Å². The van der Waals surface area contributed by atoms with Crippen molar-refractivity contribution in [3.63, 3.8) is 0 Å². The fourth-order valence-corrected chi connectivity index (χ4v) is 1.52. The molecular weight excluding hydrogens is 154 g/mol. The molecule has 1 saturated heterocycles. The molecule has 3 nitrogen and oxygen atoms in total. The Morgan fingerprint density at radius 2 is 1.92 bits per heavy atom. The van der Waals surface area contributed by atoms with Crippen molar-refractivity contribution < 1.29 is 9.47 Å². The summed E-state index contributed by atoms with van der Waals surface area (Å²) in [5.74, 6) is 0.189. The predicted molar refractivity (Wildman–Crippen MR) is 47.7 cm³/mol. The Kier molecular flexibility index (Phi) is 3.09. The minimum Gasteiger partial charge on any atom is -0.349 e. The van der Waals surface area contributed by atoms with Crippen LogP contribution in [0.1, 0.15) is 27.2 Å². The van der Waals surface area contributed by atoms with Crippen molar-refractivity contribution in [1.29, 1.82) is 0 Å². The molecule has 1 heterocycles. The molecule has 0 spiro atoms. The van der Waals surface area contributed by atoms with E-state index in [9.17, 15) is 0 Å². The standard InChI is InChI=1S/C9H19NO2/c1-7(2)4-9(3)11-5-8(10)6-12-9/h7-8H,4-6,10H2,1-3H3. The van der Waals surface area contributed by atoms with Crippen LogP contribution in [0.4, 0.5) is 0 Å². The second kappa shape index (κ2) is 3.73. The van der Waals surface area contributed by atoms with E-state index >= 15 is 0 Å².